The van der Waals surface area contributed by atoms with E-state index in [0.29, 0.717) is 12.4 Å². The Morgan fingerprint density at radius 2 is 1.82 bits per heavy atom. The van der Waals surface area contributed by atoms with E-state index in [9.17, 15) is 9.59 Å². The lowest BCUT2D eigenvalue weighted by Gasteiger charge is -2.35. The first kappa shape index (κ1) is 16.3. The van der Waals surface area contributed by atoms with Crippen LogP contribution in [0.1, 0.15) is 49.9 Å². The molecule has 2 rings (SSSR count). The summed E-state index contributed by atoms with van der Waals surface area (Å²) in [7, 11) is 0. The Morgan fingerprint density at radius 1 is 1.23 bits per heavy atom. The number of esters is 1. The molecule has 0 amide bonds. The van der Waals surface area contributed by atoms with Gasteiger partial charge in [0.2, 0.25) is 0 Å². The highest BCUT2D eigenvalue weighted by molar-refractivity contribution is 5.87. The predicted molar refractivity (Wildman–Crippen MR) is 81.0 cm³/mol. The number of hydrogen-bond donors (Lipinski definition) is 1. The zero-order valence-corrected chi connectivity index (χ0v) is 13.0. The van der Waals surface area contributed by atoms with E-state index in [1.165, 1.54) is 12.1 Å². The Bertz CT molecular complexity index is 526. The van der Waals surface area contributed by atoms with Crippen LogP contribution in [0, 0.1) is 5.41 Å². The molecule has 0 aromatic heterocycles. The molecule has 5 heteroatoms. The molecule has 1 N–H and O–H groups in total. The van der Waals surface area contributed by atoms with Gasteiger partial charge in [-0.3, -0.25) is 4.79 Å². The van der Waals surface area contributed by atoms with Gasteiger partial charge < -0.3 is 14.6 Å². The Balaban J connectivity index is 1.89. The summed E-state index contributed by atoms with van der Waals surface area (Å²) in [4.78, 5) is 22.8. The average Bonchev–Trinajstić information content (AvgIpc) is 2.50. The van der Waals surface area contributed by atoms with Gasteiger partial charge in [-0.15, -0.1) is 0 Å². The van der Waals surface area contributed by atoms with Gasteiger partial charge in [0.15, 0.2) is 0 Å². The lowest BCUT2D eigenvalue weighted by atomic mass is 9.74. The smallest absolute Gasteiger partial charge is 0.335 e. The molecule has 0 heterocycles. The fourth-order valence-electron chi connectivity index (χ4n) is 2.72. The van der Waals surface area contributed by atoms with Crippen LogP contribution in [-0.4, -0.2) is 29.8 Å². The van der Waals surface area contributed by atoms with Gasteiger partial charge in [-0.1, -0.05) is 0 Å². The van der Waals surface area contributed by atoms with Crippen molar-refractivity contribution in [3.05, 3.63) is 29.8 Å². The van der Waals surface area contributed by atoms with E-state index in [1.807, 2.05) is 13.8 Å². The van der Waals surface area contributed by atoms with Crippen LogP contribution in [0.2, 0.25) is 0 Å². The van der Waals surface area contributed by atoms with Crippen molar-refractivity contribution in [3.8, 4) is 5.75 Å². The molecule has 0 unspecified atom stereocenters. The number of carbonyl (C=O) groups excluding carboxylic acids is 1. The summed E-state index contributed by atoms with van der Waals surface area (Å²) in [5, 5.41) is 8.87. The van der Waals surface area contributed by atoms with Crippen LogP contribution < -0.4 is 4.74 Å². The second-order valence-corrected chi connectivity index (χ2v) is 5.93. The van der Waals surface area contributed by atoms with Crippen molar-refractivity contribution in [2.45, 2.75) is 45.6 Å². The topological polar surface area (TPSA) is 72.8 Å². The number of carbonyl (C=O) groups is 2. The van der Waals surface area contributed by atoms with Crippen LogP contribution in [0.15, 0.2) is 24.3 Å². The Labute approximate surface area is 130 Å². The average molecular weight is 306 g/mol. The van der Waals surface area contributed by atoms with E-state index in [1.54, 1.807) is 12.1 Å². The molecule has 0 saturated heterocycles. The molecule has 1 aliphatic carbocycles. The van der Waals surface area contributed by atoms with Gasteiger partial charge in [0.25, 0.3) is 0 Å². The molecule has 120 valence electrons. The van der Waals surface area contributed by atoms with Gasteiger partial charge in [-0.25, -0.2) is 4.79 Å². The first-order valence-corrected chi connectivity index (χ1v) is 7.62. The quantitative estimate of drug-likeness (QED) is 0.845. The summed E-state index contributed by atoms with van der Waals surface area (Å²) in [6.07, 6.45) is 3.11. The van der Waals surface area contributed by atoms with Gasteiger partial charge in [0.1, 0.15) is 5.75 Å². The van der Waals surface area contributed by atoms with Crippen molar-refractivity contribution >= 4 is 11.9 Å². The van der Waals surface area contributed by atoms with Crippen LogP contribution in [-0.2, 0) is 9.53 Å². The van der Waals surface area contributed by atoms with E-state index in [4.69, 9.17) is 14.6 Å². The third kappa shape index (κ3) is 3.78. The molecule has 22 heavy (non-hydrogen) atoms. The first-order chi connectivity index (χ1) is 10.4. The maximum Gasteiger partial charge on any atom is 0.335 e. The number of aromatic carboxylic acids is 1. The van der Waals surface area contributed by atoms with Gasteiger partial charge >= 0.3 is 11.9 Å². The molecule has 1 aliphatic rings. The summed E-state index contributed by atoms with van der Waals surface area (Å²) in [6, 6.07) is 6.40. The number of benzene rings is 1. The fraction of sp³-hybridized carbons (Fsp3) is 0.529. The molecule has 1 aromatic rings. The van der Waals surface area contributed by atoms with E-state index in [-0.39, 0.29) is 17.6 Å². The highest BCUT2D eigenvalue weighted by atomic mass is 16.5. The van der Waals surface area contributed by atoms with Gasteiger partial charge in [0.05, 0.1) is 23.7 Å². The molecule has 0 atom stereocenters. The third-order valence-corrected chi connectivity index (χ3v) is 4.21. The summed E-state index contributed by atoms with van der Waals surface area (Å²) in [5.74, 6) is -0.414. The van der Waals surface area contributed by atoms with Crippen LogP contribution in [0.25, 0.3) is 0 Å². The Hall–Kier alpha value is -2.04. The number of ether oxygens (including phenoxy) is 2. The van der Waals surface area contributed by atoms with Crippen LogP contribution in [0.5, 0.6) is 5.75 Å². The molecule has 1 fully saturated rings. The minimum atomic E-state index is -0.950. The van der Waals surface area contributed by atoms with E-state index in [2.05, 4.69) is 0 Å². The summed E-state index contributed by atoms with van der Waals surface area (Å²) in [6.45, 7) is 4.17. The number of rotatable bonds is 5. The molecular weight excluding hydrogens is 284 g/mol. The summed E-state index contributed by atoms with van der Waals surface area (Å²) < 4.78 is 11.0. The second-order valence-electron chi connectivity index (χ2n) is 5.93. The molecule has 5 nitrogen and oxygen atoms in total. The van der Waals surface area contributed by atoms with E-state index < -0.39 is 11.4 Å². The van der Waals surface area contributed by atoms with Crippen molar-refractivity contribution in [1.82, 2.24) is 0 Å². The first-order valence-electron chi connectivity index (χ1n) is 7.62. The fourth-order valence-corrected chi connectivity index (χ4v) is 2.72. The highest BCUT2D eigenvalue weighted by Crippen LogP contribution is 2.38. The van der Waals surface area contributed by atoms with Crippen molar-refractivity contribution in [2.75, 3.05) is 6.61 Å². The monoisotopic (exact) mass is 306 g/mol. The molecule has 0 aliphatic heterocycles. The van der Waals surface area contributed by atoms with E-state index in [0.717, 1.165) is 25.7 Å². The lowest BCUT2D eigenvalue weighted by Crippen LogP contribution is -2.37. The van der Waals surface area contributed by atoms with Gasteiger partial charge in [0, 0.05) is 0 Å². The zero-order chi connectivity index (χ0) is 16.2. The Morgan fingerprint density at radius 3 is 2.32 bits per heavy atom. The maximum atomic E-state index is 12.0. The number of carboxylic acids is 1. The van der Waals surface area contributed by atoms with Gasteiger partial charge in [-0.05, 0) is 63.8 Å². The SMILES string of the molecule is CCOC(=O)[C@]1(C)CC[C@@H](Oc2ccc(C(=O)O)cc2)CC1. The summed E-state index contributed by atoms with van der Waals surface area (Å²) in [5.41, 5.74) is -0.172. The Kier molecular flexibility index (Phi) is 5.06. The molecule has 0 spiro atoms. The molecule has 1 saturated carbocycles. The lowest BCUT2D eigenvalue weighted by molar-refractivity contribution is -0.157. The zero-order valence-electron chi connectivity index (χ0n) is 13.0. The van der Waals surface area contributed by atoms with Crippen LogP contribution >= 0.6 is 0 Å². The third-order valence-electron chi connectivity index (χ3n) is 4.21. The number of carboxylic acid groups (broad SMARTS) is 1. The molecule has 1 aromatic carbocycles. The highest BCUT2D eigenvalue weighted by Gasteiger charge is 2.39. The standard InChI is InChI=1S/C17H22O5/c1-3-21-16(20)17(2)10-8-14(9-11-17)22-13-6-4-12(5-7-13)15(18)19/h4-7,14H,3,8-11H2,1-2H3,(H,18,19)/t14-,17-. The van der Waals surface area contributed by atoms with Crippen LogP contribution in [0.3, 0.4) is 0 Å². The largest absolute Gasteiger partial charge is 0.490 e. The maximum absolute atomic E-state index is 12.0. The van der Waals surface area contributed by atoms with Crippen LogP contribution in [0.4, 0.5) is 0 Å². The molecule has 0 bridgehead atoms. The van der Waals surface area contributed by atoms with E-state index >= 15 is 0 Å². The van der Waals surface area contributed by atoms with Crippen molar-refractivity contribution < 1.29 is 24.2 Å². The minimum Gasteiger partial charge on any atom is -0.490 e. The van der Waals surface area contributed by atoms with Gasteiger partial charge in [-0.2, -0.15) is 0 Å². The summed E-state index contributed by atoms with van der Waals surface area (Å²) >= 11 is 0. The minimum absolute atomic E-state index is 0.0539. The van der Waals surface area contributed by atoms with Crippen molar-refractivity contribution in [2.24, 2.45) is 5.41 Å². The molecular formula is C17H22O5. The van der Waals surface area contributed by atoms with Crippen molar-refractivity contribution in [3.63, 3.8) is 0 Å². The normalized spacial score (nSPS) is 24.5. The predicted octanol–water partition coefficient (Wildman–Crippen LogP) is 3.28. The van der Waals surface area contributed by atoms with Crippen molar-refractivity contribution in [1.29, 1.82) is 0 Å². The molecule has 0 radical (unpaired) electrons. The second kappa shape index (κ2) is 6.81. The number of hydrogen-bond acceptors (Lipinski definition) is 4.